The Hall–Kier alpha value is -3.73. The van der Waals surface area contributed by atoms with Gasteiger partial charge in [-0.05, 0) is 97.7 Å². The maximum atomic E-state index is 14.0. The quantitative estimate of drug-likeness (QED) is 0.238. The lowest BCUT2D eigenvalue weighted by molar-refractivity contribution is -0.204. The summed E-state index contributed by atoms with van der Waals surface area (Å²) in [4.78, 5) is 26.6. The molecule has 0 heterocycles. The van der Waals surface area contributed by atoms with Crippen molar-refractivity contribution in [3.63, 3.8) is 0 Å². The van der Waals surface area contributed by atoms with Gasteiger partial charge in [-0.15, -0.1) is 0 Å². The summed E-state index contributed by atoms with van der Waals surface area (Å²) in [5.41, 5.74) is -1.79. The molecular formula is C33H32F5NO5. The first-order valence-corrected chi connectivity index (χ1v) is 14.7. The Kier molecular flexibility index (Phi) is 7.80. The Morgan fingerprint density at radius 2 is 1.70 bits per heavy atom. The summed E-state index contributed by atoms with van der Waals surface area (Å²) in [5.74, 6) is -1.92. The van der Waals surface area contributed by atoms with Crippen LogP contribution in [0.15, 0.2) is 54.6 Å². The van der Waals surface area contributed by atoms with Gasteiger partial charge in [0.25, 0.3) is 5.91 Å². The van der Waals surface area contributed by atoms with Crippen molar-refractivity contribution in [2.75, 3.05) is 13.3 Å². The molecule has 4 aliphatic rings. The number of carbonyl (C=O) groups excluding carboxylic acids is 1. The number of alkyl halides is 4. The van der Waals surface area contributed by atoms with Crippen molar-refractivity contribution in [2.45, 2.75) is 63.0 Å². The molecule has 5 atom stereocenters. The van der Waals surface area contributed by atoms with Crippen LogP contribution >= 0.6 is 0 Å². The highest BCUT2D eigenvalue weighted by Gasteiger charge is 2.62. The van der Waals surface area contributed by atoms with Crippen LogP contribution in [0.25, 0.3) is 10.8 Å². The predicted molar refractivity (Wildman–Crippen MR) is 150 cm³/mol. The summed E-state index contributed by atoms with van der Waals surface area (Å²) in [6.45, 7) is -0.889. The Balaban J connectivity index is 1.30. The van der Waals surface area contributed by atoms with E-state index in [0.29, 0.717) is 35.6 Å². The molecule has 0 aliphatic heterocycles. The van der Waals surface area contributed by atoms with Crippen molar-refractivity contribution in [1.29, 1.82) is 0 Å². The molecule has 44 heavy (non-hydrogen) atoms. The molecule has 1 amide bonds. The van der Waals surface area contributed by atoms with Crippen LogP contribution in [0.2, 0.25) is 0 Å². The van der Waals surface area contributed by atoms with Crippen LogP contribution in [0.4, 0.5) is 22.0 Å². The summed E-state index contributed by atoms with van der Waals surface area (Å²) in [7, 11) is 0. The normalized spacial score (nSPS) is 26.5. The maximum Gasteiger partial charge on any atom is 0.416 e. The third-order valence-electron chi connectivity index (χ3n) is 9.51. The third-order valence-corrected chi connectivity index (χ3v) is 9.51. The van der Waals surface area contributed by atoms with E-state index in [1.807, 2.05) is 0 Å². The summed E-state index contributed by atoms with van der Waals surface area (Å²) in [6, 6.07) is 9.97. The molecule has 11 heteroatoms. The molecule has 4 fully saturated rings. The highest BCUT2D eigenvalue weighted by atomic mass is 19.4. The van der Waals surface area contributed by atoms with Crippen LogP contribution in [0.3, 0.4) is 0 Å². The molecule has 3 aromatic carbocycles. The minimum Gasteiger partial charge on any atom is -0.487 e. The van der Waals surface area contributed by atoms with Gasteiger partial charge in [-0.1, -0.05) is 18.2 Å². The van der Waals surface area contributed by atoms with Gasteiger partial charge >= 0.3 is 12.1 Å². The van der Waals surface area contributed by atoms with Crippen molar-refractivity contribution in [1.82, 2.24) is 5.32 Å². The zero-order valence-corrected chi connectivity index (χ0v) is 23.8. The van der Waals surface area contributed by atoms with Crippen LogP contribution in [-0.2, 0) is 22.3 Å². The van der Waals surface area contributed by atoms with Gasteiger partial charge < -0.3 is 19.9 Å². The van der Waals surface area contributed by atoms with Crippen molar-refractivity contribution < 1.29 is 46.1 Å². The van der Waals surface area contributed by atoms with Crippen molar-refractivity contribution >= 4 is 22.6 Å². The fourth-order valence-corrected chi connectivity index (χ4v) is 8.25. The number of benzene rings is 3. The van der Waals surface area contributed by atoms with Gasteiger partial charge in [0, 0.05) is 10.8 Å². The number of hydrogen-bond acceptors (Lipinski definition) is 4. The number of carbonyl (C=O) groups is 2. The van der Waals surface area contributed by atoms with Gasteiger partial charge in [0.1, 0.15) is 30.9 Å². The van der Waals surface area contributed by atoms with Crippen LogP contribution < -0.4 is 10.1 Å². The van der Waals surface area contributed by atoms with Crippen molar-refractivity contribution in [3.05, 3.63) is 77.1 Å². The topological polar surface area (TPSA) is 84.9 Å². The molecule has 2 unspecified atom stereocenters. The van der Waals surface area contributed by atoms with E-state index in [-0.39, 0.29) is 36.4 Å². The number of nitrogens with one attached hydrogen (secondary N) is 1. The van der Waals surface area contributed by atoms with Crippen molar-refractivity contribution in [2.24, 2.45) is 17.3 Å². The Morgan fingerprint density at radius 1 is 1.00 bits per heavy atom. The molecule has 4 aliphatic carbocycles. The average molecular weight is 618 g/mol. The van der Waals surface area contributed by atoms with Crippen LogP contribution in [0.1, 0.15) is 60.0 Å². The van der Waals surface area contributed by atoms with Crippen LogP contribution in [0.5, 0.6) is 5.75 Å². The molecule has 3 aromatic rings. The lowest BCUT2D eigenvalue weighted by atomic mass is 9.46. The summed E-state index contributed by atoms with van der Waals surface area (Å²) >= 11 is 0. The second-order valence-corrected chi connectivity index (χ2v) is 12.6. The number of hydrogen-bond donors (Lipinski definition) is 2. The van der Waals surface area contributed by atoms with Gasteiger partial charge in [-0.25, -0.2) is 13.6 Å². The van der Waals surface area contributed by atoms with E-state index in [4.69, 9.17) is 9.47 Å². The fourth-order valence-electron chi connectivity index (χ4n) is 8.25. The number of ether oxygens (including phenoxy) is 2. The van der Waals surface area contributed by atoms with E-state index in [2.05, 4.69) is 5.32 Å². The number of rotatable bonds is 10. The van der Waals surface area contributed by atoms with E-state index in [1.165, 1.54) is 42.5 Å². The fraction of sp³-hybridized carbons (Fsp3) is 0.455. The minimum absolute atomic E-state index is 0.00962. The third kappa shape index (κ3) is 5.74. The summed E-state index contributed by atoms with van der Waals surface area (Å²) in [6.07, 6.45) is -0.444. The molecule has 4 saturated carbocycles. The second kappa shape index (κ2) is 11.3. The van der Waals surface area contributed by atoms with E-state index in [9.17, 15) is 36.6 Å². The van der Waals surface area contributed by atoms with E-state index >= 15 is 0 Å². The molecule has 234 valence electrons. The van der Waals surface area contributed by atoms with Crippen LogP contribution in [0, 0.1) is 23.1 Å². The number of halogens is 5. The smallest absolute Gasteiger partial charge is 0.416 e. The van der Waals surface area contributed by atoms with E-state index in [1.54, 1.807) is 0 Å². The SMILES string of the molecule is O=C(N[C@H](C(=O)O)C12C[C@@H]3C[C@@H](CC(OCCF)(C3)C1)C2)c1ccc2cc(F)ccc2c1OCc1ccc(C(F)(F)F)cc1. The maximum absolute atomic E-state index is 14.0. The first kappa shape index (κ1) is 30.3. The molecule has 0 saturated heterocycles. The zero-order chi connectivity index (χ0) is 31.3. The molecule has 0 radical (unpaired) electrons. The number of amides is 1. The number of carboxylic acid groups (broad SMARTS) is 1. The Bertz CT molecular complexity index is 1560. The Labute approximate surface area is 250 Å². The lowest BCUT2D eigenvalue weighted by Crippen LogP contribution is -2.65. The first-order valence-electron chi connectivity index (χ1n) is 14.7. The van der Waals surface area contributed by atoms with Crippen LogP contribution in [-0.4, -0.2) is 41.9 Å². The molecule has 0 aromatic heterocycles. The predicted octanol–water partition coefficient (Wildman–Crippen LogP) is 7.08. The molecule has 2 N–H and O–H groups in total. The first-order chi connectivity index (χ1) is 20.9. The second-order valence-electron chi connectivity index (χ2n) is 12.6. The van der Waals surface area contributed by atoms with E-state index < -0.39 is 53.2 Å². The Morgan fingerprint density at radius 3 is 2.34 bits per heavy atom. The lowest BCUT2D eigenvalue weighted by Gasteiger charge is -2.63. The highest BCUT2D eigenvalue weighted by molar-refractivity contribution is 6.05. The van der Waals surface area contributed by atoms with Gasteiger partial charge in [-0.2, -0.15) is 13.2 Å². The molecule has 6 nitrogen and oxygen atoms in total. The molecule has 0 spiro atoms. The number of fused-ring (bicyclic) bond motifs is 1. The molecular weight excluding hydrogens is 585 g/mol. The minimum atomic E-state index is -4.50. The van der Waals surface area contributed by atoms with Gasteiger partial charge in [-0.3, -0.25) is 4.79 Å². The van der Waals surface area contributed by atoms with Gasteiger partial charge in [0.15, 0.2) is 0 Å². The summed E-state index contributed by atoms with van der Waals surface area (Å²) in [5, 5.41) is 14.0. The highest BCUT2D eigenvalue weighted by Crippen LogP contribution is 2.64. The van der Waals surface area contributed by atoms with Gasteiger partial charge in [0.05, 0.1) is 23.3 Å². The average Bonchev–Trinajstić information content (AvgIpc) is 2.96. The molecule has 7 rings (SSSR count). The zero-order valence-electron chi connectivity index (χ0n) is 23.8. The van der Waals surface area contributed by atoms with E-state index in [0.717, 1.165) is 31.4 Å². The number of carboxylic acids is 1. The largest absolute Gasteiger partial charge is 0.487 e. The molecule has 4 bridgehead atoms. The van der Waals surface area contributed by atoms with Gasteiger partial charge in [0.2, 0.25) is 0 Å². The standard InChI is InChI=1S/C33H32F5NO5/c34-9-10-44-32-15-20-11-21(16-32)14-31(13-20,18-32)28(30(41)42)39-29(40)26-7-3-22-12-24(35)6-8-25(22)27(26)43-17-19-1-4-23(5-2-19)33(36,37)38/h1-8,12,20-21,28H,9-11,13-18H2,(H,39,40)(H,41,42)/t20-,21+,28-,31?,32?/m1/s1. The van der Waals surface area contributed by atoms with Crippen molar-refractivity contribution in [3.8, 4) is 5.75 Å². The number of aliphatic carboxylic acids is 1. The monoisotopic (exact) mass is 617 g/mol. The summed E-state index contributed by atoms with van der Waals surface area (Å²) < 4.78 is 78.2.